The maximum atomic E-state index is 11.5. The first-order valence-corrected chi connectivity index (χ1v) is 8.15. The van der Waals surface area contributed by atoms with E-state index in [9.17, 15) is 4.79 Å². The van der Waals surface area contributed by atoms with Crippen molar-refractivity contribution in [1.82, 2.24) is 0 Å². The van der Waals surface area contributed by atoms with Crippen LogP contribution < -0.4 is 0 Å². The molecular weight excluding hydrogens is 248 g/mol. The number of rotatable bonds is 12. The molecule has 0 radical (unpaired) electrons. The van der Waals surface area contributed by atoms with Gasteiger partial charge < -0.3 is 4.74 Å². The van der Waals surface area contributed by atoms with E-state index in [0.717, 1.165) is 12.8 Å². The Morgan fingerprint density at radius 2 is 1.60 bits per heavy atom. The largest absolute Gasteiger partial charge is 0.462 e. The molecule has 0 N–H and O–H groups in total. The zero-order chi connectivity index (χ0) is 14.5. The Morgan fingerprint density at radius 3 is 2.15 bits per heavy atom. The van der Waals surface area contributed by atoms with E-state index in [2.05, 4.69) is 12.7 Å². The topological polar surface area (TPSA) is 26.3 Å². The van der Waals surface area contributed by atoms with Gasteiger partial charge >= 0.3 is 5.97 Å². The minimum Gasteiger partial charge on any atom is -0.462 e. The third-order valence-corrected chi connectivity index (χ3v) is 3.55. The van der Waals surface area contributed by atoms with Crippen molar-refractivity contribution in [2.45, 2.75) is 71.1 Å². The van der Waals surface area contributed by atoms with Crippen LogP contribution in [0.15, 0.2) is 29.5 Å². The van der Waals surface area contributed by atoms with Gasteiger partial charge in [-0.3, -0.25) is 0 Å². The van der Waals surface area contributed by atoms with Gasteiger partial charge in [-0.2, -0.15) is 0 Å². The van der Waals surface area contributed by atoms with Crippen LogP contribution in [0.25, 0.3) is 0 Å². The highest BCUT2D eigenvalue weighted by atomic mass is 16.5. The molecule has 0 bridgehead atoms. The molecule has 1 aliphatic rings. The molecule has 0 aliphatic heterocycles. The number of allylic oxidation sites excluding steroid dienone is 1. The van der Waals surface area contributed by atoms with Crippen LogP contribution in [0.1, 0.15) is 71.1 Å². The van der Waals surface area contributed by atoms with E-state index in [1.54, 1.807) is 18.2 Å². The summed E-state index contributed by atoms with van der Waals surface area (Å²) in [5.74, 6) is -0.245. The van der Waals surface area contributed by atoms with Crippen molar-refractivity contribution in [1.29, 1.82) is 0 Å². The predicted octanol–water partition coefficient (Wildman–Crippen LogP) is 5.10. The number of unbranched alkanes of at least 4 members (excludes halogenated alkanes) is 9. The van der Waals surface area contributed by atoms with Gasteiger partial charge in [-0.15, -0.1) is 5.73 Å². The lowest BCUT2D eigenvalue weighted by molar-refractivity contribution is -0.138. The van der Waals surface area contributed by atoms with Crippen molar-refractivity contribution in [2.75, 3.05) is 6.61 Å². The SMILES string of the molecule is CCCCCCCCCCCCOC(=O)C1=C=CC=C1. The van der Waals surface area contributed by atoms with Gasteiger partial charge in [-0.05, 0) is 18.6 Å². The Labute approximate surface area is 123 Å². The lowest BCUT2D eigenvalue weighted by Gasteiger charge is -2.04. The fourth-order valence-electron chi connectivity index (χ4n) is 2.29. The van der Waals surface area contributed by atoms with Crippen molar-refractivity contribution in [3.05, 3.63) is 29.5 Å². The Balaban J connectivity index is 1.82. The van der Waals surface area contributed by atoms with Gasteiger partial charge in [0.25, 0.3) is 0 Å². The molecule has 0 unspecified atom stereocenters. The molecule has 0 atom stereocenters. The van der Waals surface area contributed by atoms with Crippen molar-refractivity contribution >= 4 is 5.97 Å². The minimum absolute atomic E-state index is 0.245. The molecular formula is C18H28O2. The molecule has 0 fully saturated rings. The zero-order valence-electron chi connectivity index (χ0n) is 12.8. The van der Waals surface area contributed by atoms with E-state index < -0.39 is 0 Å². The number of hydrogen-bond donors (Lipinski definition) is 0. The average Bonchev–Trinajstić information content (AvgIpc) is 2.99. The van der Waals surface area contributed by atoms with E-state index in [0.29, 0.717) is 12.2 Å². The Kier molecular flexibility index (Phi) is 9.69. The number of hydrogen-bond acceptors (Lipinski definition) is 2. The molecule has 20 heavy (non-hydrogen) atoms. The van der Waals surface area contributed by atoms with Crippen LogP contribution in [0, 0.1) is 0 Å². The summed E-state index contributed by atoms with van der Waals surface area (Å²) in [4.78, 5) is 11.5. The number of carbonyl (C=O) groups is 1. The summed E-state index contributed by atoms with van der Waals surface area (Å²) >= 11 is 0. The summed E-state index contributed by atoms with van der Waals surface area (Å²) in [5, 5.41) is 0. The summed E-state index contributed by atoms with van der Waals surface area (Å²) in [5.41, 5.74) is 3.39. The lowest BCUT2D eigenvalue weighted by Crippen LogP contribution is -2.06. The third kappa shape index (κ3) is 8.01. The average molecular weight is 276 g/mol. The van der Waals surface area contributed by atoms with Crippen LogP contribution in [0.2, 0.25) is 0 Å². The Bertz CT molecular complexity index is 360. The van der Waals surface area contributed by atoms with Crippen molar-refractivity contribution in [3.63, 3.8) is 0 Å². The van der Waals surface area contributed by atoms with Crippen molar-refractivity contribution in [2.24, 2.45) is 0 Å². The summed E-state index contributed by atoms with van der Waals surface area (Å²) in [6, 6.07) is 0. The normalized spacial score (nSPS) is 12.8. The van der Waals surface area contributed by atoms with E-state index in [4.69, 9.17) is 4.74 Å². The van der Waals surface area contributed by atoms with Gasteiger partial charge in [0.15, 0.2) is 0 Å². The molecule has 0 aromatic rings. The molecule has 0 saturated carbocycles. The van der Waals surface area contributed by atoms with Gasteiger partial charge in [0.2, 0.25) is 0 Å². The maximum Gasteiger partial charge on any atom is 0.346 e. The van der Waals surface area contributed by atoms with Crippen LogP contribution in [-0.4, -0.2) is 12.6 Å². The zero-order valence-corrected chi connectivity index (χ0v) is 12.8. The molecule has 0 spiro atoms. The van der Waals surface area contributed by atoms with Gasteiger partial charge in [0.05, 0.1) is 6.61 Å². The highest BCUT2D eigenvalue weighted by Crippen LogP contribution is 2.11. The van der Waals surface area contributed by atoms with E-state index in [-0.39, 0.29) is 5.97 Å². The first kappa shape index (κ1) is 16.8. The molecule has 2 heteroatoms. The number of esters is 1. The first-order valence-electron chi connectivity index (χ1n) is 8.15. The molecule has 0 aromatic carbocycles. The van der Waals surface area contributed by atoms with Crippen molar-refractivity contribution in [3.8, 4) is 0 Å². The molecule has 112 valence electrons. The Morgan fingerprint density at radius 1 is 1.00 bits per heavy atom. The second-order valence-electron chi connectivity index (χ2n) is 5.40. The summed E-state index contributed by atoms with van der Waals surface area (Å²) in [7, 11) is 0. The lowest BCUT2D eigenvalue weighted by atomic mass is 10.1. The monoisotopic (exact) mass is 276 g/mol. The molecule has 0 heterocycles. The van der Waals surface area contributed by atoms with Gasteiger partial charge in [0.1, 0.15) is 5.57 Å². The molecule has 1 rings (SSSR count). The predicted molar refractivity (Wildman–Crippen MR) is 83.5 cm³/mol. The van der Waals surface area contributed by atoms with Crippen LogP contribution in [0.4, 0.5) is 0 Å². The molecule has 0 saturated heterocycles. The maximum absolute atomic E-state index is 11.5. The van der Waals surface area contributed by atoms with E-state index in [1.807, 2.05) is 0 Å². The van der Waals surface area contributed by atoms with Crippen LogP contribution in [-0.2, 0) is 9.53 Å². The molecule has 0 aromatic heterocycles. The first-order chi connectivity index (χ1) is 9.84. The van der Waals surface area contributed by atoms with Crippen LogP contribution in [0.5, 0.6) is 0 Å². The molecule has 2 nitrogen and oxygen atoms in total. The fourth-order valence-corrected chi connectivity index (χ4v) is 2.29. The standard InChI is InChI=1S/C18H28O2/c1-2-3-4-5-6-7-8-9-10-13-16-20-18(19)17-14-11-12-15-17/h11-12,14H,2-10,13,16H2,1H3. The second-order valence-corrected chi connectivity index (χ2v) is 5.40. The van der Waals surface area contributed by atoms with Gasteiger partial charge in [-0.25, -0.2) is 4.79 Å². The Hall–Kier alpha value is -1.27. The van der Waals surface area contributed by atoms with Gasteiger partial charge in [0, 0.05) is 0 Å². The smallest absolute Gasteiger partial charge is 0.346 e. The highest BCUT2D eigenvalue weighted by Gasteiger charge is 2.08. The van der Waals surface area contributed by atoms with Crippen LogP contribution in [0.3, 0.4) is 0 Å². The van der Waals surface area contributed by atoms with Gasteiger partial charge in [-0.1, -0.05) is 70.8 Å². The minimum atomic E-state index is -0.245. The van der Waals surface area contributed by atoms with E-state index in [1.165, 1.54) is 51.4 Å². The summed E-state index contributed by atoms with van der Waals surface area (Å²) in [6.07, 6.45) is 18.2. The van der Waals surface area contributed by atoms with Crippen LogP contribution >= 0.6 is 0 Å². The quantitative estimate of drug-likeness (QED) is 0.281. The molecule has 0 amide bonds. The van der Waals surface area contributed by atoms with Crippen molar-refractivity contribution < 1.29 is 9.53 Å². The van der Waals surface area contributed by atoms with E-state index >= 15 is 0 Å². The fraction of sp³-hybridized carbons (Fsp3) is 0.667. The molecule has 1 aliphatic carbocycles. The number of carbonyl (C=O) groups excluding carboxylic acids is 1. The summed E-state index contributed by atoms with van der Waals surface area (Å²) in [6.45, 7) is 2.79. The number of ether oxygens (including phenoxy) is 1. The highest BCUT2D eigenvalue weighted by molar-refractivity contribution is 5.92. The summed E-state index contributed by atoms with van der Waals surface area (Å²) < 4.78 is 5.19. The second kappa shape index (κ2) is 11.5. The third-order valence-electron chi connectivity index (χ3n) is 3.55.